The summed E-state index contributed by atoms with van der Waals surface area (Å²) in [5, 5.41) is 10.3. The molecule has 0 saturated heterocycles. The number of nitriles is 1. The van der Waals surface area contributed by atoms with Gasteiger partial charge in [0, 0.05) is 15.5 Å². The van der Waals surface area contributed by atoms with Crippen molar-refractivity contribution in [1.82, 2.24) is 4.98 Å². The standard InChI is InChI=1S/C12H9ClN2S/c1-8-11(5-6-14)15-12(16-8)9-3-2-4-10(13)7-9/h2-4,7H,5H2,1H3. The lowest BCUT2D eigenvalue weighted by Crippen LogP contribution is -1.84. The third-order valence-corrected chi connectivity index (χ3v) is 3.51. The van der Waals surface area contributed by atoms with Crippen molar-refractivity contribution in [1.29, 1.82) is 5.26 Å². The van der Waals surface area contributed by atoms with Gasteiger partial charge >= 0.3 is 0 Å². The molecule has 2 aromatic rings. The summed E-state index contributed by atoms with van der Waals surface area (Å²) in [6.07, 6.45) is 0.364. The van der Waals surface area contributed by atoms with Crippen molar-refractivity contribution in [2.75, 3.05) is 0 Å². The Morgan fingerprint density at radius 2 is 2.31 bits per heavy atom. The molecule has 0 saturated carbocycles. The molecule has 16 heavy (non-hydrogen) atoms. The molecule has 0 unspecified atom stereocenters. The van der Waals surface area contributed by atoms with Gasteiger partial charge in [-0.2, -0.15) is 5.26 Å². The summed E-state index contributed by atoms with van der Waals surface area (Å²) in [7, 11) is 0. The molecule has 0 amide bonds. The zero-order valence-electron chi connectivity index (χ0n) is 8.70. The molecule has 1 aromatic heterocycles. The van der Waals surface area contributed by atoms with Gasteiger partial charge in [-0.05, 0) is 19.1 Å². The summed E-state index contributed by atoms with van der Waals surface area (Å²) in [4.78, 5) is 5.54. The van der Waals surface area contributed by atoms with Crippen molar-refractivity contribution < 1.29 is 0 Å². The Morgan fingerprint density at radius 1 is 1.50 bits per heavy atom. The minimum absolute atomic E-state index is 0.364. The molecule has 1 aromatic carbocycles. The number of hydrogen-bond donors (Lipinski definition) is 0. The summed E-state index contributed by atoms with van der Waals surface area (Å²) in [5.41, 5.74) is 1.87. The molecule has 0 bridgehead atoms. The van der Waals surface area contributed by atoms with Gasteiger partial charge in [-0.3, -0.25) is 0 Å². The van der Waals surface area contributed by atoms with Crippen molar-refractivity contribution in [3.05, 3.63) is 39.9 Å². The first kappa shape index (κ1) is 11.1. The van der Waals surface area contributed by atoms with Gasteiger partial charge in [-0.15, -0.1) is 11.3 Å². The third kappa shape index (κ3) is 2.24. The normalized spacial score (nSPS) is 10.1. The summed E-state index contributed by atoms with van der Waals surface area (Å²) < 4.78 is 0. The van der Waals surface area contributed by atoms with Crippen molar-refractivity contribution in [2.45, 2.75) is 13.3 Å². The fourth-order valence-electron chi connectivity index (χ4n) is 1.41. The number of benzene rings is 1. The molecular weight excluding hydrogens is 240 g/mol. The van der Waals surface area contributed by atoms with E-state index >= 15 is 0 Å². The number of nitrogens with zero attached hydrogens (tertiary/aromatic N) is 2. The van der Waals surface area contributed by atoms with E-state index in [9.17, 15) is 0 Å². The molecule has 0 N–H and O–H groups in total. The molecule has 1 heterocycles. The Bertz CT molecular complexity index is 554. The quantitative estimate of drug-likeness (QED) is 0.810. The molecule has 0 aliphatic carbocycles. The SMILES string of the molecule is Cc1sc(-c2cccc(Cl)c2)nc1CC#N. The largest absolute Gasteiger partial charge is 0.240 e. The second kappa shape index (κ2) is 4.65. The van der Waals surface area contributed by atoms with E-state index in [4.69, 9.17) is 16.9 Å². The lowest BCUT2D eigenvalue weighted by atomic mass is 10.2. The van der Waals surface area contributed by atoms with Crippen LogP contribution >= 0.6 is 22.9 Å². The van der Waals surface area contributed by atoms with Gasteiger partial charge in [0.2, 0.25) is 0 Å². The fourth-order valence-corrected chi connectivity index (χ4v) is 2.53. The second-order valence-electron chi connectivity index (χ2n) is 3.37. The van der Waals surface area contributed by atoms with Crippen LogP contribution in [0.25, 0.3) is 10.6 Å². The van der Waals surface area contributed by atoms with Gasteiger partial charge in [0.25, 0.3) is 0 Å². The Morgan fingerprint density at radius 3 is 3.00 bits per heavy atom. The molecule has 0 atom stereocenters. The molecular formula is C12H9ClN2S. The van der Waals surface area contributed by atoms with Crippen molar-refractivity contribution in [2.24, 2.45) is 0 Å². The van der Waals surface area contributed by atoms with Crippen LogP contribution in [0.2, 0.25) is 5.02 Å². The molecule has 0 radical (unpaired) electrons. The lowest BCUT2D eigenvalue weighted by molar-refractivity contribution is 1.13. The molecule has 0 aliphatic heterocycles. The van der Waals surface area contributed by atoms with E-state index in [1.165, 1.54) is 0 Å². The number of aromatic nitrogens is 1. The first-order valence-corrected chi connectivity index (χ1v) is 5.99. The van der Waals surface area contributed by atoms with E-state index in [-0.39, 0.29) is 0 Å². The molecule has 0 aliphatic rings. The van der Waals surface area contributed by atoms with Gasteiger partial charge in [-0.1, -0.05) is 23.7 Å². The van der Waals surface area contributed by atoms with Crippen LogP contribution in [0.4, 0.5) is 0 Å². The molecule has 0 fully saturated rings. The van der Waals surface area contributed by atoms with E-state index in [1.54, 1.807) is 11.3 Å². The van der Waals surface area contributed by atoms with E-state index in [0.717, 1.165) is 21.1 Å². The number of hydrogen-bond acceptors (Lipinski definition) is 3. The van der Waals surface area contributed by atoms with Gasteiger partial charge < -0.3 is 0 Å². The summed E-state index contributed by atoms with van der Waals surface area (Å²) in [5.74, 6) is 0. The average molecular weight is 249 g/mol. The average Bonchev–Trinajstić information content (AvgIpc) is 2.61. The Hall–Kier alpha value is -1.37. The van der Waals surface area contributed by atoms with Crippen molar-refractivity contribution >= 4 is 22.9 Å². The lowest BCUT2D eigenvalue weighted by Gasteiger charge is -1.95. The number of thiazole rings is 1. The maximum absolute atomic E-state index is 8.66. The molecule has 2 nitrogen and oxygen atoms in total. The maximum Gasteiger partial charge on any atom is 0.123 e. The zero-order valence-corrected chi connectivity index (χ0v) is 10.3. The minimum Gasteiger partial charge on any atom is -0.240 e. The van der Waals surface area contributed by atoms with Crippen LogP contribution in [-0.4, -0.2) is 4.98 Å². The van der Waals surface area contributed by atoms with E-state index in [2.05, 4.69) is 11.1 Å². The van der Waals surface area contributed by atoms with Crippen LogP contribution < -0.4 is 0 Å². The van der Waals surface area contributed by atoms with E-state index in [1.807, 2.05) is 31.2 Å². The highest BCUT2D eigenvalue weighted by atomic mass is 35.5. The number of aryl methyl sites for hydroxylation is 1. The van der Waals surface area contributed by atoms with Gasteiger partial charge in [0.1, 0.15) is 5.01 Å². The monoisotopic (exact) mass is 248 g/mol. The number of halogens is 1. The molecule has 80 valence electrons. The van der Waals surface area contributed by atoms with Crippen LogP contribution in [0.3, 0.4) is 0 Å². The molecule has 0 spiro atoms. The van der Waals surface area contributed by atoms with Crippen LogP contribution in [0.1, 0.15) is 10.6 Å². The van der Waals surface area contributed by atoms with Crippen LogP contribution in [0, 0.1) is 18.3 Å². The summed E-state index contributed by atoms with van der Waals surface area (Å²) in [6.45, 7) is 1.98. The van der Waals surface area contributed by atoms with Gasteiger partial charge in [-0.25, -0.2) is 4.98 Å². The van der Waals surface area contributed by atoms with Crippen molar-refractivity contribution in [3.8, 4) is 16.6 Å². The van der Waals surface area contributed by atoms with Crippen LogP contribution in [0.5, 0.6) is 0 Å². The molecule has 2 rings (SSSR count). The third-order valence-electron chi connectivity index (χ3n) is 2.21. The second-order valence-corrected chi connectivity index (χ2v) is 5.01. The highest BCUT2D eigenvalue weighted by Crippen LogP contribution is 2.29. The van der Waals surface area contributed by atoms with Gasteiger partial charge in [0.15, 0.2) is 0 Å². The summed E-state index contributed by atoms with van der Waals surface area (Å²) >= 11 is 7.52. The van der Waals surface area contributed by atoms with Crippen molar-refractivity contribution in [3.63, 3.8) is 0 Å². The Labute approximate surface area is 103 Å². The predicted octanol–water partition coefficient (Wildman–Crippen LogP) is 3.84. The number of rotatable bonds is 2. The first-order chi connectivity index (χ1) is 7.70. The smallest absolute Gasteiger partial charge is 0.123 e. The van der Waals surface area contributed by atoms with E-state index in [0.29, 0.717) is 11.4 Å². The molecule has 4 heteroatoms. The Balaban J connectivity index is 2.42. The van der Waals surface area contributed by atoms with E-state index < -0.39 is 0 Å². The van der Waals surface area contributed by atoms with Crippen LogP contribution in [0.15, 0.2) is 24.3 Å². The summed E-state index contributed by atoms with van der Waals surface area (Å²) in [6, 6.07) is 9.71. The Kier molecular flexibility index (Phi) is 3.23. The topological polar surface area (TPSA) is 36.7 Å². The van der Waals surface area contributed by atoms with Crippen LogP contribution in [-0.2, 0) is 6.42 Å². The highest BCUT2D eigenvalue weighted by Gasteiger charge is 2.09. The fraction of sp³-hybridized carbons (Fsp3) is 0.167. The van der Waals surface area contributed by atoms with Gasteiger partial charge in [0.05, 0.1) is 18.2 Å². The predicted molar refractivity (Wildman–Crippen MR) is 66.6 cm³/mol. The first-order valence-electron chi connectivity index (χ1n) is 4.80. The highest BCUT2D eigenvalue weighted by molar-refractivity contribution is 7.15. The minimum atomic E-state index is 0.364. The maximum atomic E-state index is 8.66. The zero-order chi connectivity index (χ0) is 11.5.